The number of methoxy groups -OCH3 is 1. The zero-order valence-electron chi connectivity index (χ0n) is 13.0. The van der Waals surface area contributed by atoms with Gasteiger partial charge in [0.15, 0.2) is 0 Å². The molecule has 1 unspecified atom stereocenters. The van der Waals surface area contributed by atoms with Crippen molar-refractivity contribution in [3.63, 3.8) is 0 Å². The van der Waals surface area contributed by atoms with Crippen molar-refractivity contribution in [3.8, 4) is 5.75 Å². The minimum Gasteiger partial charge on any atom is -0.493 e. The molecule has 1 rings (SSSR count). The number of carbonyl (C=O) groups excluding carboxylic acids is 1. The monoisotopic (exact) mass is 295 g/mol. The lowest BCUT2D eigenvalue weighted by molar-refractivity contribution is -0.122. The minimum absolute atomic E-state index is 0.0211. The standard InChI is InChI=1S/C16H25NO4/c1-12-5-4-6-15(13(12)2)21-10-8-16(19)17-14(7-9-18)11-20-3/h4-6,14,18H,7-11H2,1-3H3,(H,17,19). The molecule has 2 N–H and O–H groups in total. The van der Waals surface area contributed by atoms with E-state index in [0.29, 0.717) is 19.6 Å². The third kappa shape index (κ3) is 6.14. The quantitative estimate of drug-likeness (QED) is 0.726. The van der Waals surface area contributed by atoms with E-state index >= 15 is 0 Å². The van der Waals surface area contributed by atoms with Crippen molar-refractivity contribution in [1.29, 1.82) is 0 Å². The molecule has 0 aliphatic rings. The molecule has 0 aliphatic carbocycles. The lowest BCUT2D eigenvalue weighted by atomic mass is 10.1. The number of aliphatic hydroxyl groups excluding tert-OH is 1. The predicted molar refractivity (Wildman–Crippen MR) is 81.5 cm³/mol. The highest BCUT2D eigenvalue weighted by atomic mass is 16.5. The Hall–Kier alpha value is -1.59. The van der Waals surface area contributed by atoms with Gasteiger partial charge in [0.1, 0.15) is 5.75 Å². The van der Waals surface area contributed by atoms with Crippen LogP contribution in [-0.4, -0.2) is 44.0 Å². The summed E-state index contributed by atoms with van der Waals surface area (Å²) in [5.41, 5.74) is 2.26. The van der Waals surface area contributed by atoms with Crippen molar-refractivity contribution < 1.29 is 19.4 Å². The van der Waals surface area contributed by atoms with Gasteiger partial charge in [-0.05, 0) is 37.5 Å². The summed E-state index contributed by atoms with van der Waals surface area (Å²) in [5.74, 6) is 0.711. The first kappa shape index (κ1) is 17.5. The molecule has 0 radical (unpaired) electrons. The Balaban J connectivity index is 2.37. The van der Waals surface area contributed by atoms with Crippen LogP contribution in [0.1, 0.15) is 24.0 Å². The van der Waals surface area contributed by atoms with E-state index in [-0.39, 0.29) is 25.0 Å². The van der Waals surface area contributed by atoms with Crippen molar-refractivity contribution in [2.24, 2.45) is 0 Å². The van der Waals surface area contributed by atoms with Gasteiger partial charge in [-0.25, -0.2) is 0 Å². The van der Waals surface area contributed by atoms with Crippen LogP contribution in [0.4, 0.5) is 0 Å². The van der Waals surface area contributed by atoms with Gasteiger partial charge in [0.05, 0.1) is 25.7 Å². The van der Waals surface area contributed by atoms with Crippen LogP contribution in [-0.2, 0) is 9.53 Å². The van der Waals surface area contributed by atoms with Crippen molar-refractivity contribution in [3.05, 3.63) is 29.3 Å². The van der Waals surface area contributed by atoms with Gasteiger partial charge in [0.2, 0.25) is 5.91 Å². The maximum absolute atomic E-state index is 11.8. The lowest BCUT2D eigenvalue weighted by Crippen LogP contribution is -2.39. The van der Waals surface area contributed by atoms with Gasteiger partial charge >= 0.3 is 0 Å². The van der Waals surface area contributed by atoms with E-state index in [4.69, 9.17) is 14.6 Å². The topological polar surface area (TPSA) is 67.8 Å². The van der Waals surface area contributed by atoms with Crippen molar-refractivity contribution >= 4 is 5.91 Å². The molecular formula is C16H25NO4. The minimum atomic E-state index is -0.159. The summed E-state index contributed by atoms with van der Waals surface area (Å²) in [4.78, 5) is 11.8. The molecule has 21 heavy (non-hydrogen) atoms. The van der Waals surface area contributed by atoms with E-state index in [9.17, 15) is 4.79 Å². The molecule has 1 aromatic rings. The first-order valence-electron chi connectivity index (χ1n) is 7.16. The second-order valence-electron chi connectivity index (χ2n) is 5.03. The largest absolute Gasteiger partial charge is 0.493 e. The van der Waals surface area contributed by atoms with Crippen LogP contribution in [0, 0.1) is 13.8 Å². The summed E-state index contributed by atoms with van der Waals surface area (Å²) in [5, 5.41) is 11.8. The van der Waals surface area contributed by atoms with E-state index in [1.807, 2.05) is 32.0 Å². The average Bonchev–Trinajstić information content (AvgIpc) is 2.44. The number of ether oxygens (including phenoxy) is 2. The maximum atomic E-state index is 11.8. The van der Waals surface area contributed by atoms with Crippen molar-refractivity contribution in [2.45, 2.75) is 32.7 Å². The van der Waals surface area contributed by atoms with E-state index in [1.165, 1.54) is 5.56 Å². The van der Waals surface area contributed by atoms with Gasteiger partial charge in [0, 0.05) is 13.7 Å². The number of aryl methyl sites for hydroxylation is 1. The Morgan fingerprint density at radius 1 is 1.38 bits per heavy atom. The van der Waals surface area contributed by atoms with E-state index in [2.05, 4.69) is 5.32 Å². The third-order valence-corrected chi connectivity index (χ3v) is 3.35. The number of hydrogen-bond acceptors (Lipinski definition) is 4. The molecule has 0 spiro atoms. The summed E-state index contributed by atoms with van der Waals surface area (Å²) >= 11 is 0. The fourth-order valence-electron chi connectivity index (χ4n) is 1.99. The molecule has 0 aliphatic heterocycles. The van der Waals surface area contributed by atoms with Crippen LogP contribution in [0.5, 0.6) is 5.75 Å². The zero-order valence-corrected chi connectivity index (χ0v) is 13.0. The number of amides is 1. The lowest BCUT2D eigenvalue weighted by Gasteiger charge is -2.17. The number of aliphatic hydroxyl groups is 1. The number of carbonyl (C=O) groups is 1. The van der Waals surface area contributed by atoms with Gasteiger partial charge in [-0.1, -0.05) is 12.1 Å². The van der Waals surface area contributed by atoms with Crippen LogP contribution in [0.15, 0.2) is 18.2 Å². The Morgan fingerprint density at radius 3 is 2.81 bits per heavy atom. The molecule has 0 heterocycles. The highest BCUT2D eigenvalue weighted by molar-refractivity contribution is 5.76. The smallest absolute Gasteiger partial charge is 0.223 e. The van der Waals surface area contributed by atoms with Gasteiger partial charge in [-0.2, -0.15) is 0 Å². The number of hydrogen-bond donors (Lipinski definition) is 2. The molecule has 0 fully saturated rings. The van der Waals surface area contributed by atoms with E-state index in [0.717, 1.165) is 11.3 Å². The van der Waals surface area contributed by atoms with Crippen LogP contribution >= 0.6 is 0 Å². The molecule has 0 aromatic heterocycles. The zero-order chi connectivity index (χ0) is 15.7. The first-order chi connectivity index (χ1) is 10.1. The number of benzene rings is 1. The summed E-state index contributed by atoms with van der Waals surface area (Å²) in [6.45, 7) is 4.77. The summed E-state index contributed by atoms with van der Waals surface area (Å²) in [6, 6.07) is 5.71. The molecular weight excluding hydrogens is 270 g/mol. The number of rotatable bonds is 9. The molecule has 5 heteroatoms. The highest BCUT2D eigenvalue weighted by Crippen LogP contribution is 2.20. The molecule has 118 valence electrons. The predicted octanol–water partition coefficient (Wildman–Crippen LogP) is 1.59. The Kier molecular flexibility index (Phi) is 7.79. The number of nitrogens with one attached hydrogen (secondary N) is 1. The fraction of sp³-hybridized carbons (Fsp3) is 0.562. The Morgan fingerprint density at radius 2 is 2.14 bits per heavy atom. The average molecular weight is 295 g/mol. The van der Waals surface area contributed by atoms with Crippen molar-refractivity contribution in [1.82, 2.24) is 5.32 Å². The van der Waals surface area contributed by atoms with Crippen LogP contribution in [0.25, 0.3) is 0 Å². The SMILES string of the molecule is COCC(CCO)NC(=O)CCOc1cccc(C)c1C. The summed E-state index contributed by atoms with van der Waals surface area (Å²) in [6.07, 6.45) is 0.760. The van der Waals surface area contributed by atoms with Crippen LogP contribution < -0.4 is 10.1 Å². The molecule has 0 saturated carbocycles. The maximum Gasteiger partial charge on any atom is 0.223 e. The van der Waals surface area contributed by atoms with Gasteiger partial charge in [-0.15, -0.1) is 0 Å². The van der Waals surface area contributed by atoms with Crippen molar-refractivity contribution in [2.75, 3.05) is 26.9 Å². The summed E-state index contributed by atoms with van der Waals surface area (Å²) < 4.78 is 10.7. The molecule has 0 saturated heterocycles. The third-order valence-electron chi connectivity index (χ3n) is 3.35. The molecule has 1 aromatic carbocycles. The second-order valence-corrected chi connectivity index (χ2v) is 5.03. The normalized spacial score (nSPS) is 12.0. The Bertz CT molecular complexity index is 442. The van der Waals surface area contributed by atoms with Crippen LogP contribution in [0.3, 0.4) is 0 Å². The van der Waals surface area contributed by atoms with E-state index in [1.54, 1.807) is 7.11 Å². The summed E-state index contributed by atoms with van der Waals surface area (Å²) in [7, 11) is 1.57. The second kappa shape index (κ2) is 9.37. The molecule has 0 bridgehead atoms. The van der Waals surface area contributed by atoms with Gasteiger partial charge in [-0.3, -0.25) is 4.79 Å². The van der Waals surface area contributed by atoms with Gasteiger partial charge < -0.3 is 19.9 Å². The Labute approximate surface area is 126 Å². The molecule has 5 nitrogen and oxygen atoms in total. The molecule has 1 atom stereocenters. The highest BCUT2D eigenvalue weighted by Gasteiger charge is 2.12. The molecule has 1 amide bonds. The fourth-order valence-corrected chi connectivity index (χ4v) is 1.99. The first-order valence-corrected chi connectivity index (χ1v) is 7.16. The van der Waals surface area contributed by atoms with Crippen LogP contribution in [0.2, 0.25) is 0 Å². The van der Waals surface area contributed by atoms with Gasteiger partial charge in [0.25, 0.3) is 0 Å². The van der Waals surface area contributed by atoms with E-state index < -0.39 is 0 Å².